The van der Waals surface area contributed by atoms with Gasteiger partial charge >= 0.3 is 12.1 Å². The topological polar surface area (TPSA) is 70.1 Å². The van der Waals surface area contributed by atoms with Gasteiger partial charge in [0.1, 0.15) is 0 Å². The summed E-state index contributed by atoms with van der Waals surface area (Å²) in [7, 11) is 0. The lowest BCUT2D eigenvalue weighted by Crippen LogP contribution is -2.23. The van der Waals surface area contributed by atoms with E-state index in [0.29, 0.717) is 11.3 Å². The molecule has 0 aliphatic carbocycles. The number of hydrogen-bond acceptors (Lipinski definition) is 5. The number of tetrazole rings is 1. The molecule has 1 aliphatic heterocycles. The van der Waals surface area contributed by atoms with Crippen molar-refractivity contribution < 1.29 is 22.0 Å². The van der Waals surface area contributed by atoms with E-state index in [1.807, 2.05) is 5.21 Å². The molecule has 0 amide bonds. The van der Waals surface area contributed by atoms with Crippen LogP contribution in [-0.4, -0.2) is 37.9 Å². The van der Waals surface area contributed by atoms with Crippen molar-refractivity contribution in [3.63, 3.8) is 0 Å². The van der Waals surface area contributed by atoms with Crippen molar-refractivity contribution in [1.29, 1.82) is 0 Å². The number of nitrogens with one attached hydrogen (secondary N) is 1. The monoisotopic (exact) mass is 424 g/mol. The van der Waals surface area contributed by atoms with Gasteiger partial charge < -0.3 is 0 Å². The van der Waals surface area contributed by atoms with Crippen molar-refractivity contribution in [3.8, 4) is 0 Å². The maximum atomic E-state index is 14.8. The second kappa shape index (κ2) is 8.17. The van der Waals surface area contributed by atoms with Crippen molar-refractivity contribution in [3.05, 3.63) is 77.2 Å². The highest BCUT2D eigenvalue weighted by Crippen LogP contribution is 2.35. The van der Waals surface area contributed by atoms with Gasteiger partial charge in [-0.15, -0.1) is 10.2 Å². The normalized spacial score (nSPS) is 18.7. The smallest absolute Gasteiger partial charge is 0.289 e. The summed E-state index contributed by atoms with van der Waals surface area (Å²) in [5, 5.41) is 17.3. The molecule has 1 aliphatic rings. The van der Waals surface area contributed by atoms with Gasteiger partial charge in [0.25, 0.3) is 0 Å². The first-order valence-corrected chi connectivity index (χ1v) is 8.74. The van der Waals surface area contributed by atoms with Gasteiger partial charge in [0.05, 0.1) is 24.4 Å². The van der Waals surface area contributed by atoms with Crippen molar-refractivity contribution in [2.75, 3.05) is 6.54 Å². The Balaban J connectivity index is 1.97. The van der Waals surface area contributed by atoms with E-state index in [4.69, 9.17) is 0 Å². The second-order valence-electron chi connectivity index (χ2n) is 6.52. The van der Waals surface area contributed by atoms with Crippen molar-refractivity contribution in [1.82, 2.24) is 25.6 Å². The molecule has 0 radical (unpaired) electrons. The second-order valence-corrected chi connectivity index (χ2v) is 6.52. The molecule has 0 bridgehead atoms. The summed E-state index contributed by atoms with van der Waals surface area (Å²) in [6.45, 7) is 4.95. The van der Waals surface area contributed by atoms with Crippen molar-refractivity contribution in [2.45, 2.75) is 25.6 Å². The number of H-pyrrole nitrogens is 1. The number of hydrazone groups is 1. The summed E-state index contributed by atoms with van der Waals surface area (Å²) in [6, 6.07) is 5.05. The summed E-state index contributed by atoms with van der Waals surface area (Å²) in [4.78, 5) is 0. The Bertz CT molecular complexity index is 1000. The summed E-state index contributed by atoms with van der Waals surface area (Å²) in [5.41, 5.74) is -0.576. The van der Waals surface area contributed by atoms with Crippen molar-refractivity contribution >= 4 is 5.71 Å². The molecule has 2 heterocycles. The fourth-order valence-electron chi connectivity index (χ4n) is 2.79. The van der Waals surface area contributed by atoms with Crippen LogP contribution in [0, 0.1) is 0 Å². The zero-order chi connectivity index (χ0) is 21.9. The fraction of sp³-hybridized carbons (Fsp3) is 0.263. The molecule has 11 heteroatoms. The van der Waals surface area contributed by atoms with Gasteiger partial charge in [0.15, 0.2) is 0 Å². The highest BCUT2D eigenvalue weighted by molar-refractivity contribution is 6.00. The molecule has 3 rings (SSSR count). The number of halogens is 5. The van der Waals surface area contributed by atoms with Gasteiger partial charge in [-0.3, -0.25) is 5.01 Å². The molecule has 0 spiro atoms. The molecule has 0 fully saturated rings. The molecule has 2 aromatic rings. The third-order valence-electron chi connectivity index (χ3n) is 4.41. The van der Waals surface area contributed by atoms with Gasteiger partial charge in [-0.05, 0) is 29.3 Å². The van der Waals surface area contributed by atoms with E-state index in [1.54, 1.807) is 6.92 Å². The van der Waals surface area contributed by atoms with Crippen LogP contribution in [-0.2, 0) is 18.6 Å². The average molecular weight is 424 g/mol. The van der Waals surface area contributed by atoms with Gasteiger partial charge in [-0.25, -0.2) is 0 Å². The number of aromatic nitrogens is 4. The summed E-state index contributed by atoms with van der Waals surface area (Å²) >= 11 is 0. The molecule has 0 unspecified atom stereocenters. The highest BCUT2D eigenvalue weighted by atomic mass is 19.4. The van der Waals surface area contributed by atoms with E-state index in [1.165, 1.54) is 35.4 Å². The molecule has 0 atom stereocenters. The van der Waals surface area contributed by atoms with Crippen LogP contribution in [0.5, 0.6) is 0 Å². The maximum absolute atomic E-state index is 14.8. The van der Waals surface area contributed by atoms with E-state index in [2.05, 4.69) is 27.1 Å². The lowest BCUT2D eigenvalue weighted by Gasteiger charge is -2.22. The third-order valence-corrected chi connectivity index (χ3v) is 4.41. The van der Waals surface area contributed by atoms with E-state index in [9.17, 15) is 22.0 Å². The fourth-order valence-corrected chi connectivity index (χ4v) is 2.79. The van der Waals surface area contributed by atoms with Gasteiger partial charge in [0, 0.05) is 5.57 Å². The first-order valence-electron chi connectivity index (χ1n) is 8.74. The van der Waals surface area contributed by atoms with Crippen LogP contribution in [0.25, 0.3) is 0 Å². The third kappa shape index (κ3) is 4.61. The van der Waals surface area contributed by atoms with Crippen LogP contribution in [0.3, 0.4) is 0 Å². The Labute approximate surface area is 168 Å². The average Bonchev–Trinajstić information content (AvgIpc) is 3.23. The molecule has 6 nitrogen and oxygen atoms in total. The van der Waals surface area contributed by atoms with Gasteiger partial charge in [-0.1, -0.05) is 43.0 Å². The number of alkyl halides is 5. The standard InChI is InChI=1S/C19H17F5N6/c1-12-7-8-15(18(20,21)17-25-28-29-26-17)9-10-30(27-13(12)2)11-14-5-3-4-6-16(14)19(22,23)24/h3-9H,1,10-11H2,2H3,(H,25,26,28,29)/b8-7-,15-9+,27-13?. The molecular formula is C19H17F5N6. The maximum Gasteiger partial charge on any atom is 0.416 e. The first kappa shape index (κ1) is 21.3. The predicted octanol–water partition coefficient (Wildman–Crippen LogP) is 4.24. The van der Waals surface area contributed by atoms with Crippen LogP contribution in [0.4, 0.5) is 22.0 Å². The van der Waals surface area contributed by atoms with Crippen molar-refractivity contribution in [2.24, 2.45) is 5.10 Å². The summed E-state index contributed by atoms with van der Waals surface area (Å²) in [6.07, 6.45) is -0.873. The van der Waals surface area contributed by atoms with E-state index in [0.717, 1.165) is 12.1 Å². The summed E-state index contributed by atoms with van der Waals surface area (Å²) < 4.78 is 69.5. The predicted molar refractivity (Wildman–Crippen MR) is 99.4 cm³/mol. The Kier molecular flexibility index (Phi) is 5.81. The zero-order valence-corrected chi connectivity index (χ0v) is 15.8. The molecule has 30 heavy (non-hydrogen) atoms. The number of benzene rings is 1. The minimum absolute atomic E-state index is 0.0285. The number of nitrogens with zero attached hydrogens (tertiary/aromatic N) is 5. The lowest BCUT2D eigenvalue weighted by atomic mass is 10.0. The Morgan fingerprint density at radius 3 is 2.53 bits per heavy atom. The molecule has 158 valence electrons. The van der Waals surface area contributed by atoms with Crippen LogP contribution in [0.1, 0.15) is 23.9 Å². The largest absolute Gasteiger partial charge is 0.416 e. The molecule has 1 aromatic carbocycles. The van der Waals surface area contributed by atoms with Crippen LogP contribution < -0.4 is 0 Å². The molecule has 0 saturated heterocycles. The Hall–Kier alpha value is -3.37. The zero-order valence-electron chi connectivity index (χ0n) is 15.8. The van der Waals surface area contributed by atoms with Crippen LogP contribution >= 0.6 is 0 Å². The van der Waals surface area contributed by atoms with Gasteiger partial charge in [-0.2, -0.15) is 32.3 Å². The molecular weight excluding hydrogens is 407 g/mol. The van der Waals surface area contributed by atoms with E-state index in [-0.39, 0.29) is 18.7 Å². The van der Waals surface area contributed by atoms with Crippen LogP contribution in [0.15, 0.2) is 65.3 Å². The SMILES string of the molecule is C=C1/C=C\C(C(F)(F)c2nn[nH]n2)=C/CN(Cc2ccccc2C(F)(F)F)N=C1C. The van der Waals surface area contributed by atoms with E-state index < -0.39 is 29.1 Å². The van der Waals surface area contributed by atoms with Gasteiger partial charge in [0.2, 0.25) is 5.82 Å². The number of allylic oxidation sites excluding steroid dienone is 4. The number of rotatable bonds is 4. The first-order chi connectivity index (χ1) is 14.1. The molecule has 0 saturated carbocycles. The Morgan fingerprint density at radius 2 is 1.87 bits per heavy atom. The number of hydrogen-bond donors (Lipinski definition) is 1. The Morgan fingerprint density at radius 1 is 1.13 bits per heavy atom. The minimum atomic E-state index is -4.55. The lowest BCUT2D eigenvalue weighted by molar-refractivity contribution is -0.138. The number of aromatic amines is 1. The summed E-state index contributed by atoms with van der Waals surface area (Å²) in [5.74, 6) is -4.40. The minimum Gasteiger partial charge on any atom is -0.289 e. The highest BCUT2D eigenvalue weighted by Gasteiger charge is 2.40. The quantitative estimate of drug-likeness (QED) is 0.746. The molecule has 1 aromatic heterocycles. The van der Waals surface area contributed by atoms with Crippen LogP contribution in [0.2, 0.25) is 0 Å². The van der Waals surface area contributed by atoms with E-state index >= 15 is 0 Å². The molecule has 1 N–H and O–H groups in total.